The molecule has 0 aliphatic carbocycles. The highest BCUT2D eigenvalue weighted by molar-refractivity contribution is 14.1. The molecule has 1 heterocycles. The van der Waals surface area contributed by atoms with Crippen LogP contribution in [0.1, 0.15) is 11.8 Å². The smallest absolute Gasteiger partial charge is 0.253 e. The second-order valence-electron chi connectivity index (χ2n) is 2.96. The van der Waals surface area contributed by atoms with E-state index in [0.29, 0.717) is 18.4 Å². The molecule has 0 aliphatic rings. The van der Waals surface area contributed by atoms with E-state index in [0.717, 1.165) is 9.32 Å². The van der Waals surface area contributed by atoms with Gasteiger partial charge < -0.3 is 9.15 Å². The van der Waals surface area contributed by atoms with E-state index in [1.54, 1.807) is 6.92 Å². The summed E-state index contributed by atoms with van der Waals surface area (Å²) in [6.07, 6.45) is 0. The largest absolute Gasteiger partial charge is 0.484 e. The number of rotatable bonds is 3. The number of halogens is 1. The first kappa shape index (κ1) is 10.4. The zero-order chi connectivity index (χ0) is 10.7. The van der Waals surface area contributed by atoms with Crippen LogP contribution in [0.2, 0.25) is 0 Å². The van der Waals surface area contributed by atoms with Crippen molar-refractivity contribution in [2.24, 2.45) is 0 Å². The number of hydrogen-bond donors (Lipinski definition) is 0. The van der Waals surface area contributed by atoms with Gasteiger partial charge in [-0.2, -0.15) is 0 Å². The first-order valence-corrected chi connectivity index (χ1v) is 5.49. The van der Waals surface area contributed by atoms with Gasteiger partial charge in [0.2, 0.25) is 5.89 Å². The van der Waals surface area contributed by atoms with Crippen molar-refractivity contribution in [1.82, 2.24) is 10.2 Å². The van der Waals surface area contributed by atoms with Crippen molar-refractivity contribution in [3.8, 4) is 5.75 Å². The Labute approximate surface area is 101 Å². The van der Waals surface area contributed by atoms with Gasteiger partial charge in [0.1, 0.15) is 5.75 Å². The lowest BCUT2D eigenvalue weighted by atomic mass is 10.3. The maximum Gasteiger partial charge on any atom is 0.253 e. The predicted molar refractivity (Wildman–Crippen MR) is 62.5 cm³/mol. The molecule has 2 rings (SSSR count). The molecule has 0 radical (unpaired) electrons. The predicted octanol–water partition coefficient (Wildman–Crippen LogP) is 2.56. The minimum Gasteiger partial charge on any atom is -0.484 e. The molecule has 15 heavy (non-hydrogen) atoms. The summed E-state index contributed by atoms with van der Waals surface area (Å²) in [7, 11) is 0. The Morgan fingerprint density at radius 3 is 2.93 bits per heavy atom. The molecule has 0 N–H and O–H groups in total. The molecule has 0 spiro atoms. The van der Waals surface area contributed by atoms with E-state index < -0.39 is 0 Å². The molecule has 1 aromatic heterocycles. The molecule has 4 nitrogen and oxygen atoms in total. The number of hydrogen-bond acceptors (Lipinski definition) is 4. The van der Waals surface area contributed by atoms with Crippen molar-refractivity contribution in [1.29, 1.82) is 0 Å². The highest BCUT2D eigenvalue weighted by Gasteiger charge is 2.02. The maximum absolute atomic E-state index is 5.49. The van der Waals surface area contributed by atoms with Crippen LogP contribution < -0.4 is 4.74 Å². The molecule has 5 heteroatoms. The van der Waals surface area contributed by atoms with E-state index in [9.17, 15) is 0 Å². The standard InChI is InChI=1S/C10H9IN2O2/c1-7-12-13-10(15-7)6-14-9-4-2-3-8(11)5-9/h2-5H,6H2,1H3. The van der Waals surface area contributed by atoms with Gasteiger partial charge in [0.15, 0.2) is 6.61 Å². The first-order valence-electron chi connectivity index (χ1n) is 4.41. The van der Waals surface area contributed by atoms with Crippen molar-refractivity contribution in [3.63, 3.8) is 0 Å². The number of ether oxygens (including phenoxy) is 1. The van der Waals surface area contributed by atoms with E-state index >= 15 is 0 Å². The molecule has 0 atom stereocenters. The monoisotopic (exact) mass is 316 g/mol. The Hall–Kier alpha value is -1.11. The third kappa shape index (κ3) is 2.92. The van der Waals surface area contributed by atoms with Gasteiger partial charge in [-0.1, -0.05) is 6.07 Å². The van der Waals surface area contributed by atoms with Crippen LogP contribution in [0, 0.1) is 10.5 Å². The summed E-state index contributed by atoms with van der Waals surface area (Å²) in [5, 5.41) is 7.56. The van der Waals surface area contributed by atoms with Crippen LogP contribution in [0.4, 0.5) is 0 Å². The van der Waals surface area contributed by atoms with Crippen LogP contribution in [-0.2, 0) is 6.61 Å². The second kappa shape index (κ2) is 4.61. The minimum atomic E-state index is 0.306. The fraction of sp³-hybridized carbons (Fsp3) is 0.200. The van der Waals surface area contributed by atoms with E-state index in [1.165, 1.54) is 0 Å². The fourth-order valence-corrected chi connectivity index (χ4v) is 1.61. The Kier molecular flexibility index (Phi) is 3.20. The zero-order valence-electron chi connectivity index (χ0n) is 8.11. The Morgan fingerprint density at radius 2 is 2.27 bits per heavy atom. The van der Waals surface area contributed by atoms with Gasteiger partial charge in [-0.25, -0.2) is 0 Å². The molecule has 0 bridgehead atoms. The Bertz CT molecular complexity index is 456. The summed E-state index contributed by atoms with van der Waals surface area (Å²) in [6.45, 7) is 2.06. The lowest BCUT2D eigenvalue weighted by Crippen LogP contribution is -1.95. The molecule has 0 saturated carbocycles. The molecule has 0 amide bonds. The maximum atomic E-state index is 5.49. The molecule has 78 valence electrons. The van der Waals surface area contributed by atoms with Crippen LogP contribution in [0.3, 0.4) is 0 Å². The molecule has 1 aromatic carbocycles. The quantitative estimate of drug-likeness (QED) is 0.817. The van der Waals surface area contributed by atoms with Gasteiger partial charge in [-0.05, 0) is 40.8 Å². The fourth-order valence-electron chi connectivity index (χ4n) is 1.10. The van der Waals surface area contributed by atoms with Crippen LogP contribution in [0.25, 0.3) is 0 Å². The third-order valence-corrected chi connectivity index (χ3v) is 2.40. The minimum absolute atomic E-state index is 0.306. The van der Waals surface area contributed by atoms with Crippen LogP contribution in [-0.4, -0.2) is 10.2 Å². The topological polar surface area (TPSA) is 48.2 Å². The summed E-state index contributed by atoms with van der Waals surface area (Å²) in [6, 6.07) is 7.79. The van der Waals surface area contributed by atoms with E-state index in [2.05, 4.69) is 32.8 Å². The molecule has 0 unspecified atom stereocenters. The van der Waals surface area contributed by atoms with Crippen molar-refractivity contribution in [2.45, 2.75) is 13.5 Å². The van der Waals surface area contributed by atoms with Crippen molar-refractivity contribution in [3.05, 3.63) is 39.6 Å². The lowest BCUT2D eigenvalue weighted by molar-refractivity contribution is 0.260. The van der Waals surface area contributed by atoms with Crippen molar-refractivity contribution < 1.29 is 9.15 Å². The number of aryl methyl sites for hydroxylation is 1. The van der Waals surface area contributed by atoms with Crippen LogP contribution >= 0.6 is 22.6 Å². The van der Waals surface area contributed by atoms with Crippen molar-refractivity contribution in [2.75, 3.05) is 0 Å². The number of aromatic nitrogens is 2. The summed E-state index contributed by atoms with van der Waals surface area (Å²) in [4.78, 5) is 0. The average Bonchev–Trinajstić information content (AvgIpc) is 2.62. The molecule has 0 saturated heterocycles. The average molecular weight is 316 g/mol. The SMILES string of the molecule is Cc1nnc(COc2cccc(I)c2)o1. The van der Waals surface area contributed by atoms with Crippen LogP contribution in [0.5, 0.6) is 5.75 Å². The molecule has 2 aromatic rings. The second-order valence-corrected chi connectivity index (χ2v) is 4.21. The van der Waals surface area contributed by atoms with Gasteiger partial charge in [-0.3, -0.25) is 0 Å². The van der Waals surface area contributed by atoms with Gasteiger partial charge in [0, 0.05) is 10.5 Å². The Morgan fingerprint density at radius 1 is 1.40 bits per heavy atom. The first-order chi connectivity index (χ1) is 7.24. The number of nitrogens with zero attached hydrogens (tertiary/aromatic N) is 2. The van der Waals surface area contributed by atoms with Gasteiger partial charge in [0.05, 0.1) is 0 Å². The van der Waals surface area contributed by atoms with E-state index in [-0.39, 0.29) is 0 Å². The normalized spacial score (nSPS) is 10.3. The molecule has 0 aliphatic heterocycles. The van der Waals surface area contributed by atoms with Crippen LogP contribution in [0.15, 0.2) is 28.7 Å². The summed E-state index contributed by atoms with van der Waals surface area (Å²) >= 11 is 2.23. The van der Waals surface area contributed by atoms with Gasteiger partial charge in [0.25, 0.3) is 5.89 Å². The van der Waals surface area contributed by atoms with E-state index in [4.69, 9.17) is 9.15 Å². The third-order valence-electron chi connectivity index (χ3n) is 1.73. The molecule has 0 fully saturated rings. The lowest BCUT2D eigenvalue weighted by Gasteiger charge is -2.02. The van der Waals surface area contributed by atoms with Gasteiger partial charge >= 0.3 is 0 Å². The summed E-state index contributed by atoms with van der Waals surface area (Å²) < 4.78 is 11.8. The summed E-state index contributed by atoms with van der Waals surface area (Å²) in [5.74, 6) is 1.85. The number of benzene rings is 1. The summed E-state index contributed by atoms with van der Waals surface area (Å²) in [5.41, 5.74) is 0. The molecular weight excluding hydrogens is 307 g/mol. The Balaban J connectivity index is 1.99. The van der Waals surface area contributed by atoms with Crippen molar-refractivity contribution >= 4 is 22.6 Å². The highest BCUT2D eigenvalue weighted by atomic mass is 127. The zero-order valence-corrected chi connectivity index (χ0v) is 10.3. The highest BCUT2D eigenvalue weighted by Crippen LogP contribution is 2.15. The van der Waals surface area contributed by atoms with E-state index in [1.807, 2.05) is 24.3 Å². The van der Waals surface area contributed by atoms with Gasteiger partial charge in [-0.15, -0.1) is 10.2 Å². The molecular formula is C10H9IN2O2.